The summed E-state index contributed by atoms with van der Waals surface area (Å²) in [7, 11) is 2.31. The van der Waals surface area contributed by atoms with Gasteiger partial charge in [-0.3, -0.25) is 28.9 Å². The topological polar surface area (TPSA) is 184 Å². The number of carbonyl (C=O) groups excluding carboxylic acids is 5. The van der Waals surface area contributed by atoms with Crippen molar-refractivity contribution in [2.45, 2.75) is 36.1 Å². The van der Waals surface area contributed by atoms with Crippen LogP contribution in [0.1, 0.15) is 52.4 Å². The highest BCUT2D eigenvalue weighted by atomic mass is 16.6. The van der Waals surface area contributed by atoms with Gasteiger partial charge in [-0.15, -0.1) is 0 Å². The van der Waals surface area contributed by atoms with E-state index in [1.165, 1.54) is 0 Å². The van der Waals surface area contributed by atoms with Crippen molar-refractivity contribution in [3.05, 3.63) is 131 Å². The number of fused-ring (bicyclic) bond motifs is 3. The van der Waals surface area contributed by atoms with E-state index in [9.17, 15) is 24.3 Å². The van der Waals surface area contributed by atoms with Gasteiger partial charge in [-0.25, -0.2) is 0 Å². The van der Waals surface area contributed by atoms with Gasteiger partial charge in [0.1, 0.15) is 29.9 Å². The largest absolute Gasteiger partial charge is 0.491 e. The quantitative estimate of drug-likeness (QED) is 0.0932. The minimum atomic E-state index is -1.86. The Hall–Kier alpha value is -6.49. The molecule has 3 aliphatic heterocycles. The van der Waals surface area contributed by atoms with Gasteiger partial charge in [0.05, 0.1) is 38.8 Å². The molecule has 0 aromatic heterocycles. The molecule has 7 rings (SSSR count). The first kappa shape index (κ1) is 37.8. The third kappa shape index (κ3) is 6.32. The first-order valence-electron chi connectivity index (χ1n) is 18.0. The van der Waals surface area contributed by atoms with Gasteiger partial charge >= 0.3 is 17.9 Å². The Balaban J connectivity index is 1.49. The fraction of sp³-hybridized carbons (Fsp3) is 0.279. The van der Waals surface area contributed by atoms with Crippen LogP contribution < -0.4 is 15.8 Å². The number of primary amides is 1. The molecule has 13 nitrogen and oxygen atoms in total. The zero-order valence-electron chi connectivity index (χ0n) is 30.5. The van der Waals surface area contributed by atoms with Crippen molar-refractivity contribution in [1.29, 1.82) is 0 Å². The van der Waals surface area contributed by atoms with Crippen LogP contribution in [0.25, 0.3) is 0 Å². The average molecular weight is 758 g/mol. The van der Waals surface area contributed by atoms with E-state index < -0.39 is 71.2 Å². The second-order valence-corrected chi connectivity index (χ2v) is 13.6. The van der Waals surface area contributed by atoms with Crippen LogP contribution in [-0.2, 0) is 43.6 Å². The lowest BCUT2D eigenvalue weighted by atomic mass is 9.65. The van der Waals surface area contributed by atoms with Gasteiger partial charge in [0.25, 0.3) is 0 Å². The Labute approximate surface area is 322 Å². The maximum Gasteiger partial charge on any atom is 0.324 e. The van der Waals surface area contributed by atoms with Crippen LogP contribution in [0.15, 0.2) is 103 Å². The van der Waals surface area contributed by atoms with E-state index in [4.69, 9.17) is 24.7 Å². The van der Waals surface area contributed by atoms with E-state index in [1.54, 1.807) is 42.5 Å². The molecule has 4 N–H and O–H groups in total. The summed E-state index contributed by atoms with van der Waals surface area (Å²) in [5.41, 5.74) is 7.49. The lowest BCUT2D eigenvalue weighted by Gasteiger charge is -2.46. The van der Waals surface area contributed by atoms with Gasteiger partial charge in [0, 0.05) is 23.2 Å². The first-order valence-corrected chi connectivity index (χ1v) is 18.0. The molecular weight excluding hydrogens is 718 g/mol. The van der Waals surface area contributed by atoms with E-state index in [0.29, 0.717) is 33.7 Å². The summed E-state index contributed by atoms with van der Waals surface area (Å²) in [5.74, 6) is -0.433. The van der Waals surface area contributed by atoms with E-state index in [-0.39, 0.29) is 19.6 Å². The highest BCUT2D eigenvalue weighted by Crippen LogP contribution is 2.65. The monoisotopic (exact) mass is 757 g/mol. The number of cyclic esters (lactones) is 1. The number of morpholine rings is 1. The molecule has 2 fully saturated rings. The fourth-order valence-corrected chi connectivity index (χ4v) is 8.47. The van der Waals surface area contributed by atoms with E-state index in [1.807, 2.05) is 65.6 Å². The number of benzene rings is 4. The van der Waals surface area contributed by atoms with E-state index in [0.717, 1.165) is 19.8 Å². The van der Waals surface area contributed by atoms with Crippen molar-refractivity contribution in [3.8, 4) is 17.6 Å². The summed E-state index contributed by atoms with van der Waals surface area (Å²) in [6.45, 7) is -0.371. The minimum absolute atomic E-state index is 0.0726. The number of carbonyl (C=O) groups is 5. The summed E-state index contributed by atoms with van der Waals surface area (Å²) in [5, 5.41) is 12.8. The molecule has 13 heteroatoms. The number of amides is 2. The Bertz CT molecular complexity index is 2220. The van der Waals surface area contributed by atoms with Crippen molar-refractivity contribution in [3.63, 3.8) is 0 Å². The van der Waals surface area contributed by atoms with Crippen molar-refractivity contribution >= 4 is 35.4 Å². The second kappa shape index (κ2) is 15.7. The van der Waals surface area contributed by atoms with Crippen LogP contribution in [-0.4, -0.2) is 73.2 Å². The van der Waals surface area contributed by atoms with E-state index in [2.05, 4.69) is 17.2 Å². The van der Waals surface area contributed by atoms with Crippen LogP contribution in [0, 0.1) is 23.7 Å². The minimum Gasteiger partial charge on any atom is -0.491 e. The number of ether oxygens (including phenoxy) is 4. The van der Waals surface area contributed by atoms with Crippen LogP contribution in [0.5, 0.6) is 5.75 Å². The van der Waals surface area contributed by atoms with Crippen LogP contribution in [0.3, 0.4) is 0 Å². The molecule has 3 aliphatic rings. The van der Waals surface area contributed by atoms with Crippen molar-refractivity contribution in [2.24, 2.45) is 17.6 Å². The molecule has 4 aromatic carbocycles. The van der Waals surface area contributed by atoms with Crippen LogP contribution in [0.2, 0.25) is 0 Å². The van der Waals surface area contributed by atoms with Crippen molar-refractivity contribution in [1.82, 2.24) is 4.90 Å². The summed E-state index contributed by atoms with van der Waals surface area (Å²) in [6.07, 6.45) is -1.10. The maximum absolute atomic E-state index is 15.0. The number of anilines is 1. The molecule has 0 saturated carbocycles. The standard InChI is InChI=1S/C43H39N3O10/c1-53-39(49)29(40(50)54-2)18-11-12-25-20-21-31-30(24-25)43(42(52)45-31)33(38(44)48)35-41(51)56-36(27-15-7-4-8-16-27)34(26-13-5-3-6-14-26)46(35)37(43)28-17-9-10-19-32(28)55-23-22-47/h3-10,13-17,19-21,24,29,33-37,47H,18,22-23H2,1-2H3,(H2,44,48)(H,45,52). The number of hydrogen-bond acceptors (Lipinski definition) is 11. The fourth-order valence-electron chi connectivity index (χ4n) is 8.47. The van der Waals surface area contributed by atoms with Gasteiger partial charge < -0.3 is 35.1 Å². The SMILES string of the molecule is COC(=O)C(CC#Cc1ccc2c(c1)C1(C(=O)N2)C(C(N)=O)C2C(=O)OC(c3ccccc3)C(c3ccccc3)N2C1c1ccccc1OCCO)C(=O)OC. The van der Waals surface area contributed by atoms with Crippen LogP contribution in [0.4, 0.5) is 5.69 Å². The molecule has 3 heterocycles. The Morgan fingerprint density at radius 3 is 2.18 bits per heavy atom. The van der Waals surface area contributed by atoms with Crippen molar-refractivity contribution in [2.75, 3.05) is 32.8 Å². The number of aliphatic hydroxyl groups excluding tert-OH is 1. The Morgan fingerprint density at radius 2 is 1.54 bits per heavy atom. The summed E-state index contributed by atoms with van der Waals surface area (Å²) in [4.78, 5) is 70.3. The molecule has 0 bridgehead atoms. The highest BCUT2D eigenvalue weighted by Gasteiger charge is 2.74. The number of nitrogens with one attached hydrogen (secondary N) is 1. The van der Waals surface area contributed by atoms with Crippen LogP contribution >= 0.6 is 0 Å². The molecule has 4 aromatic rings. The number of hydrogen-bond donors (Lipinski definition) is 3. The number of esters is 3. The zero-order valence-corrected chi connectivity index (χ0v) is 30.5. The number of aliphatic hydroxyl groups is 1. The molecular formula is C43H39N3O10. The normalized spacial score (nSPS) is 23.6. The molecule has 56 heavy (non-hydrogen) atoms. The van der Waals surface area contributed by atoms with Gasteiger partial charge in [-0.2, -0.15) is 0 Å². The molecule has 2 saturated heterocycles. The lowest BCUT2D eigenvalue weighted by Crippen LogP contribution is -2.53. The Kier molecular flexibility index (Phi) is 10.6. The Morgan fingerprint density at radius 1 is 0.893 bits per heavy atom. The summed E-state index contributed by atoms with van der Waals surface area (Å²) >= 11 is 0. The average Bonchev–Trinajstić information content (AvgIpc) is 3.70. The molecule has 0 radical (unpaired) electrons. The summed E-state index contributed by atoms with van der Waals surface area (Å²) in [6, 6.07) is 27.4. The van der Waals surface area contributed by atoms with Gasteiger partial charge in [0.15, 0.2) is 5.92 Å². The molecule has 2 amide bonds. The van der Waals surface area contributed by atoms with E-state index >= 15 is 4.79 Å². The smallest absolute Gasteiger partial charge is 0.324 e. The lowest BCUT2D eigenvalue weighted by molar-refractivity contribution is -0.178. The predicted molar refractivity (Wildman–Crippen MR) is 200 cm³/mol. The number of rotatable bonds is 10. The first-order chi connectivity index (χ1) is 27.2. The number of methoxy groups -OCH3 is 2. The number of nitrogens with zero attached hydrogens (tertiary/aromatic N) is 1. The molecule has 0 aliphatic carbocycles. The molecule has 6 unspecified atom stereocenters. The molecule has 6 atom stereocenters. The van der Waals surface area contributed by atoms with Gasteiger partial charge in [-0.05, 0) is 41.0 Å². The highest BCUT2D eigenvalue weighted by molar-refractivity contribution is 6.12. The molecule has 286 valence electrons. The zero-order chi connectivity index (χ0) is 39.6. The second-order valence-electron chi connectivity index (χ2n) is 13.6. The third-order valence-corrected chi connectivity index (χ3v) is 10.7. The van der Waals surface area contributed by atoms with Gasteiger partial charge in [-0.1, -0.05) is 90.7 Å². The predicted octanol–water partition coefficient (Wildman–Crippen LogP) is 3.52. The summed E-state index contributed by atoms with van der Waals surface area (Å²) < 4.78 is 21.9. The number of nitrogens with two attached hydrogens (primary N) is 1. The van der Waals surface area contributed by atoms with Gasteiger partial charge in [0.2, 0.25) is 11.8 Å². The maximum atomic E-state index is 15.0. The third-order valence-electron chi connectivity index (χ3n) is 10.7. The van der Waals surface area contributed by atoms with Crippen molar-refractivity contribution < 1.29 is 48.0 Å². The number of para-hydroxylation sites is 1. The molecule has 1 spiro atoms.